The summed E-state index contributed by atoms with van der Waals surface area (Å²) in [5, 5.41) is 6.01. The van der Waals surface area contributed by atoms with Crippen molar-refractivity contribution in [2.45, 2.75) is 70.7 Å². The summed E-state index contributed by atoms with van der Waals surface area (Å²) in [5.74, 6) is 0.134. The van der Waals surface area contributed by atoms with E-state index in [-0.39, 0.29) is 23.8 Å². The monoisotopic (exact) mass is 530 g/mol. The molecule has 2 heterocycles. The molecule has 1 saturated heterocycles. The molecule has 0 bridgehead atoms. The van der Waals surface area contributed by atoms with E-state index in [1.165, 1.54) is 0 Å². The maximum Gasteiger partial charge on any atom is 0.246 e. The summed E-state index contributed by atoms with van der Waals surface area (Å²) in [5.41, 5.74) is 7.66. The van der Waals surface area contributed by atoms with Gasteiger partial charge in [0, 0.05) is 0 Å². The Balaban J connectivity index is 1.67. The predicted octanol–water partition coefficient (Wildman–Crippen LogP) is 4.01. The zero-order valence-electron chi connectivity index (χ0n) is 23.0. The number of hydrogen-bond acceptors (Lipinski definition) is 5. The van der Waals surface area contributed by atoms with Gasteiger partial charge in [-0.05, 0) is 55.9 Å². The van der Waals surface area contributed by atoms with Crippen molar-refractivity contribution in [1.29, 1.82) is 0 Å². The quantitative estimate of drug-likeness (QED) is 0.386. The van der Waals surface area contributed by atoms with Crippen LogP contribution in [0, 0.1) is 12.8 Å². The van der Waals surface area contributed by atoms with E-state index in [1.807, 2.05) is 93.6 Å². The summed E-state index contributed by atoms with van der Waals surface area (Å²) < 4.78 is 5.92. The van der Waals surface area contributed by atoms with Gasteiger partial charge in [0.25, 0.3) is 0 Å². The Bertz CT molecular complexity index is 1230. The summed E-state index contributed by atoms with van der Waals surface area (Å²) in [6.45, 7) is 7.15. The number of likely N-dealkylation sites (tertiary alicyclic amines) is 1. The first-order valence-electron chi connectivity index (χ1n) is 13.5. The molecule has 1 aliphatic heterocycles. The van der Waals surface area contributed by atoms with Gasteiger partial charge in [0.1, 0.15) is 23.6 Å². The van der Waals surface area contributed by atoms with Crippen molar-refractivity contribution in [2.24, 2.45) is 11.7 Å². The van der Waals surface area contributed by atoms with E-state index >= 15 is 0 Å². The molecule has 4 N–H and O–H groups in total. The third-order valence-electron chi connectivity index (χ3n) is 7.23. The van der Waals surface area contributed by atoms with Crippen LogP contribution in [0.25, 0.3) is 0 Å². The van der Waals surface area contributed by atoms with Crippen molar-refractivity contribution in [3.8, 4) is 0 Å². The molecular weight excluding hydrogens is 492 g/mol. The molecule has 2 aromatic carbocycles. The smallest absolute Gasteiger partial charge is 0.246 e. The molecule has 8 nitrogen and oxygen atoms in total. The summed E-state index contributed by atoms with van der Waals surface area (Å²) in [6.07, 6.45) is 1.02. The summed E-state index contributed by atoms with van der Waals surface area (Å²) in [7, 11) is 0. The minimum Gasteiger partial charge on any atom is -0.464 e. The third kappa shape index (κ3) is 6.40. The van der Waals surface area contributed by atoms with Gasteiger partial charge in [-0.2, -0.15) is 0 Å². The van der Waals surface area contributed by atoms with Crippen LogP contribution in [0.2, 0.25) is 0 Å². The highest BCUT2D eigenvalue weighted by atomic mass is 16.3. The minimum atomic E-state index is -0.838. The van der Waals surface area contributed by atoms with Crippen LogP contribution in [0.4, 0.5) is 0 Å². The number of nitrogens with one attached hydrogen (secondary N) is 2. The number of furan rings is 1. The van der Waals surface area contributed by atoms with Gasteiger partial charge in [-0.3, -0.25) is 14.4 Å². The Hall–Kier alpha value is -3.91. The number of rotatable bonds is 9. The number of carbonyl (C=O) groups excluding carboxylic acids is 3. The molecule has 0 spiro atoms. The number of benzene rings is 2. The highest BCUT2D eigenvalue weighted by Crippen LogP contribution is 2.38. The zero-order valence-corrected chi connectivity index (χ0v) is 23.0. The van der Waals surface area contributed by atoms with Crippen molar-refractivity contribution in [3.05, 3.63) is 95.4 Å². The van der Waals surface area contributed by atoms with Crippen molar-refractivity contribution in [1.82, 2.24) is 15.5 Å². The maximum atomic E-state index is 14.1. The van der Waals surface area contributed by atoms with Gasteiger partial charge >= 0.3 is 0 Å². The molecule has 0 saturated carbocycles. The number of carbonyl (C=O) groups is 3. The Morgan fingerprint density at radius 1 is 0.872 bits per heavy atom. The van der Waals surface area contributed by atoms with E-state index in [9.17, 15) is 14.4 Å². The number of nitrogens with two attached hydrogens (primary N) is 1. The molecule has 1 fully saturated rings. The molecule has 3 aromatic rings. The summed E-state index contributed by atoms with van der Waals surface area (Å²) >= 11 is 0. The highest BCUT2D eigenvalue weighted by molar-refractivity contribution is 5.94. The first-order valence-corrected chi connectivity index (χ1v) is 13.5. The van der Waals surface area contributed by atoms with Crippen LogP contribution in [0.15, 0.2) is 77.2 Å². The highest BCUT2D eigenvalue weighted by Gasteiger charge is 2.46. The molecule has 8 heteroatoms. The molecule has 4 rings (SSSR count). The lowest BCUT2D eigenvalue weighted by atomic mass is 9.98. The molecule has 0 aliphatic carbocycles. The number of hydrogen-bond donors (Lipinski definition) is 3. The molecule has 0 radical (unpaired) electrons. The van der Waals surface area contributed by atoms with Gasteiger partial charge in [-0.25, -0.2) is 0 Å². The largest absolute Gasteiger partial charge is 0.464 e. The lowest BCUT2D eigenvalue weighted by Crippen LogP contribution is -2.57. The van der Waals surface area contributed by atoms with Gasteiger partial charge in [0.15, 0.2) is 0 Å². The van der Waals surface area contributed by atoms with Gasteiger partial charge in [-0.15, -0.1) is 0 Å². The molecule has 1 aliphatic rings. The molecule has 2 unspecified atom stereocenters. The average molecular weight is 531 g/mol. The van der Waals surface area contributed by atoms with E-state index in [4.69, 9.17) is 10.2 Å². The second-order valence-corrected chi connectivity index (χ2v) is 10.6. The van der Waals surface area contributed by atoms with E-state index in [0.29, 0.717) is 18.6 Å². The van der Waals surface area contributed by atoms with Gasteiger partial charge in [-0.1, -0.05) is 74.5 Å². The lowest BCUT2D eigenvalue weighted by Gasteiger charge is -2.34. The van der Waals surface area contributed by atoms with Crippen LogP contribution in [0.1, 0.15) is 68.3 Å². The van der Waals surface area contributed by atoms with E-state index in [1.54, 1.807) is 11.8 Å². The SMILES string of the molecule is Cc1ccc([C@H]2CC[C@@H](C(=O)NC(c3ccccc3)c3ccccc3)N2C(=O)C(NC(=O)C(C)N)C(C)C)o1. The normalized spacial score (nSPS) is 18.7. The Labute approximate surface area is 229 Å². The van der Waals surface area contributed by atoms with Crippen molar-refractivity contribution < 1.29 is 18.8 Å². The van der Waals surface area contributed by atoms with Gasteiger partial charge in [0.2, 0.25) is 17.7 Å². The summed E-state index contributed by atoms with van der Waals surface area (Å²) in [6, 6.07) is 20.1. The molecule has 3 amide bonds. The first-order chi connectivity index (χ1) is 18.7. The fourth-order valence-corrected chi connectivity index (χ4v) is 5.13. The van der Waals surface area contributed by atoms with Crippen LogP contribution >= 0.6 is 0 Å². The van der Waals surface area contributed by atoms with Crippen molar-refractivity contribution in [3.63, 3.8) is 0 Å². The fraction of sp³-hybridized carbons (Fsp3) is 0.387. The third-order valence-corrected chi connectivity index (χ3v) is 7.23. The second kappa shape index (κ2) is 12.3. The lowest BCUT2D eigenvalue weighted by molar-refractivity contribution is -0.145. The van der Waals surface area contributed by atoms with Crippen molar-refractivity contribution >= 4 is 17.7 Å². The molecule has 39 heavy (non-hydrogen) atoms. The molecular formula is C31H38N4O4. The summed E-state index contributed by atoms with van der Waals surface area (Å²) in [4.78, 5) is 42.2. The van der Waals surface area contributed by atoms with Crippen LogP contribution in [-0.4, -0.2) is 40.7 Å². The predicted molar refractivity (Wildman–Crippen MR) is 149 cm³/mol. The van der Waals surface area contributed by atoms with E-state index in [0.717, 1.165) is 16.9 Å². The van der Waals surface area contributed by atoms with Crippen LogP contribution in [0.5, 0.6) is 0 Å². The minimum absolute atomic E-state index is 0.218. The van der Waals surface area contributed by atoms with Crippen molar-refractivity contribution in [2.75, 3.05) is 0 Å². The number of nitrogens with zero attached hydrogens (tertiary/aromatic N) is 1. The maximum absolute atomic E-state index is 14.1. The van der Waals surface area contributed by atoms with Gasteiger partial charge < -0.3 is 25.7 Å². The number of aryl methyl sites for hydroxylation is 1. The first kappa shape index (κ1) is 28.1. The fourth-order valence-electron chi connectivity index (χ4n) is 5.13. The molecule has 1 aromatic heterocycles. The average Bonchev–Trinajstić information content (AvgIpc) is 3.57. The molecule has 206 valence electrons. The van der Waals surface area contributed by atoms with Crippen LogP contribution in [0.3, 0.4) is 0 Å². The Kier molecular flexibility index (Phi) is 8.86. The topological polar surface area (TPSA) is 118 Å². The van der Waals surface area contributed by atoms with Crippen LogP contribution < -0.4 is 16.4 Å². The Morgan fingerprint density at radius 3 is 1.95 bits per heavy atom. The molecule has 4 atom stereocenters. The Morgan fingerprint density at radius 2 is 1.46 bits per heavy atom. The standard InChI is InChI=1S/C31H38N4O4/c1-19(2)27(33-29(36)21(4)32)31(38)35-24(26-18-15-20(3)39-26)16-17-25(35)30(37)34-28(22-11-7-5-8-12-22)23-13-9-6-10-14-23/h5-15,18-19,21,24-25,27-28H,16-17,32H2,1-4H3,(H,33,36)(H,34,37)/t21?,24-,25+,27?/m1/s1. The van der Waals surface area contributed by atoms with Gasteiger partial charge in [0.05, 0.1) is 18.1 Å². The van der Waals surface area contributed by atoms with E-state index < -0.39 is 30.1 Å². The van der Waals surface area contributed by atoms with Crippen LogP contribution in [-0.2, 0) is 14.4 Å². The van der Waals surface area contributed by atoms with E-state index in [2.05, 4.69) is 10.6 Å². The zero-order chi connectivity index (χ0) is 28.1. The number of amides is 3. The second-order valence-electron chi connectivity index (χ2n) is 10.6.